The van der Waals surface area contributed by atoms with E-state index in [-0.39, 0.29) is 15.8 Å². The number of unbranched alkanes of at least 4 members (excludes halogenated alkanes) is 3. The van der Waals surface area contributed by atoms with Crippen LogP contribution in [0.5, 0.6) is 0 Å². The largest absolute Gasteiger partial charge is 0.460 e. The van der Waals surface area contributed by atoms with E-state index in [1.54, 1.807) is 0 Å². The van der Waals surface area contributed by atoms with Gasteiger partial charge in [0.25, 0.3) is 0 Å². The topological polar surface area (TPSA) is 26.3 Å². The fraction of sp³-hybridized carbons (Fsp3) is 0.900. The van der Waals surface area contributed by atoms with Crippen LogP contribution in [0, 0.1) is 0 Å². The SMILES string of the molecule is CCCCCCC(OC(C)=O)C(Br)Br. The molecule has 0 amide bonds. The zero-order chi connectivity index (χ0) is 11.0. The van der Waals surface area contributed by atoms with Gasteiger partial charge in [0.05, 0.1) is 0 Å². The predicted octanol–water partition coefficient (Wildman–Crippen LogP) is 4.00. The number of hydrogen-bond donors (Lipinski definition) is 0. The van der Waals surface area contributed by atoms with Gasteiger partial charge in [-0.25, -0.2) is 0 Å². The highest BCUT2D eigenvalue weighted by Gasteiger charge is 2.18. The molecule has 0 aliphatic carbocycles. The second kappa shape index (κ2) is 8.72. The molecular weight excluding hydrogens is 312 g/mol. The molecule has 0 aromatic carbocycles. The number of carbonyl (C=O) groups excluding carboxylic acids is 1. The van der Waals surface area contributed by atoms with Crippen molar-refractivity contribution in [2.45, 2.75) is 55.8 Å². The van der Waals surface area contributed by atoms with E-state index in [0.717, 1.165) is 12.8 Å². The lowest BCUT2D eigenvalue weighted by Gasteiger charge is -2.18. The first kappa shape index (κ1) is 14.4. The normalized spacial score (nSPS) is 12.9. The quantitative estimate of drug-likeness (QED) is 0.401. The van der Waals surface area contributed by atoms with Gasteiger partial charge in [-0.2, -0.15) is 0 Å². The second-order valence-electron chi connectivity index (χ2n) is 3.33. The van der Waals surface area contributed by atoms with Gasteiger partial charge >= 0.3 is 5.97 Å². The zero-order valence-electron chi connectivity index (χ0n) is 8.76. The van der Waals surface area contributed by atoms with Gasteiger partial charge in [-0.15, -0.1) is 0 Å². The van der Waals surface area contributed by atoms with E-state index in [2.05, 4.69) is 38.8 Å². The molecule has 0 rings (SSSR count). The molecule has 14 heavy (non-hydrogen) atoms. The summed E-state index contributed by atoms with van der Waals surface area (Å²) in [6.07, 6.45) is 5.66. The number of carbonyl (C=O) groups is 1. The molecular formula is C10H18Br2O2. The van der Waals surface area contributed by atoms with E-state index in [4.69, 9.17) is 4.74 Å². The Hall–Kier alpha value is 0.430. The van der Waals surface area contributed by atoms with Crippen LogP contribution < -0.4 is 0 Å². The van der Waals surface area contributed by atoms with Gasteiger partial charge < -0.3 is 4.74 Å². The van der Waals surface area contributed by atoms with Crippen LogP contribution in [0.25, 0.3) is 0 Å². The average Bonchev–Trinajstić information content (AvgIpc) is 2.09. The maximum absolute atomic E-state index is 10.8. The van der Waals surface area contributed by atoms with Crippen molar-refractivity contribution in [2.75, 3.05) is 0 Å². The minimum absolute atomic E-state index is 0.0515. The smallest absolute Gasteiger partial charge is 0.302 e. The molecule has 0 aliphatic rings. The van der Waals surface area contributed by atoms with Crippen molar-refractivity contribution >= 4 is 37.8 Å². The Labute approximate surface area is 103 Å². The Morgan fingerprint density at radius 2 is 1.93 bits per heavy atom. The molecule has 0 saturated heterocycles. The Balaban J connectivity index is 3.68. The summed E-state index contributed by atoms with van der Waals surface area (Å²) >= 11 is 6.76. The van der Waals surface area contributed by atoms with Crippen LogP contribution >= 0.6 is 31.9 Å². The van der Waals surface area contributed by atoms with E-state index in [9.17, 15) is 4.79 Å². The third-order valence-corrected chi connectivity index (χ3v) is 3.12. The van der Waals surface area contributed by atoms with Crippen molar-refractivity contribution in [2.24, 2.45) is 0 Å². The molecule has 0 radical (unpaired) electrons. The molecule has 1 atom stereocenters. The van der Waals surface area contributed by atoms with Gasteiger partial charge in [0, 0.05) is 6.92 Å². The van der Waals surface area contributed by atoms with Gasteiger partial charge in [0.1, 0.15) is 9.84 Å². The number of rotatable bonds is 7. The first-order valence-electron chi connectivity index (χ1n) is 5.03. The Morgan fingerprint density at radius 3 is 2.36 bits per heavy atom. The number of hydrogen-bond acceptors (Lipinski definition) is 2. The molecule has 0 fully saturated rings. The van der Waals surface area contributed by atoms with Gasteiger partial charge in [0.2, 0.25) is 0 Å². The molecule has 0 bridgehead atoms. The third kappa shape index (κ3) is 7.80. The van der Waals surface area contributed by atoms with Gasteiger partial charge in [-0.1, -0.05) is 58.0 Å². The molecule has 4 heteroatoms. The highest BCUT2D eigenvalue weighted by atomic mass is 79.9. The minimum atomic E-state index is -0.214. The summed E-state index contributed by atoms with van der Waals surface area (Å²) in [5, 5.41) is 0. The van der Waals surface area contributed by atoms with E-state index in [1.165, 1.54) is 26.2 Å². The number of halogens is 2. The maximum Gasteiger partial charge on any atom is 0.302 e. The van der Waals surface area contributed by atoms with E-state index < -0.39 is 0 Å². The predicted molar refractivity (Wildman–Crippen MR) is 66.0 cm³/mol. The highest BCUT2D eigenvalue weighted by Crippen LogP contribution is 2.21. The van der Waals surface area contributed by atoms with Gasteiger partial charge in [-0.3, -0.25) is 4.79 Å². The van der Waals surface area contributed by atoms with Gasteiger partial charge in [0.15, 0.2) is 0 Å². The average molecular weight is 330 g/mol. The molecule has 0 N–H and O–H groups in total. The van der Waals surface area contributed by atoms with E-state index in [1.807, 2.05) is 0 Å². The van der Waals surface area contributed by atoms with Crippen molar-refractivity contribution in [3.8, 4) is 0 Å². The molecule has 0 aliphatic heterocycles. The van der Waals surface area contributed by atoms with Crippen molar-refractivity contribution in [3.05, 3.63) is 0 Å². The fourth-order valence-electron chi connectivity index (χ4n) is 1.22. The summed E-state index contributed by atoms with van der Waals surface area (Å²) in [6.45, 7) is 3.63. The fourth-order valence-corrected chi connectivity index (χ4v) is 1.97. The molecule has 0 heterocycles. The minimum Gasteiger partial charge on any atom is -0.460 e. The zero-order valence-corrected chi connectivity index (χ0v) is 11.9. The van der Waals surface area contributed by atoms with E-state index in [0.29, 0.717) is 0 Å². The lowest BCUT2D eigenvalue weighted by molar-refractivity contribution is -0.145. The van der Waals surface area contributed by atoms with Crippen LogP contribution in [0.1, 0.15) is 46.0 Å². The summed E-state index contributed by atoms with van der Waals surface area (Å²) in [4.78, 5) is 10.8. The number of ether oxygens (including phenoxy) is 1. The molecule has 0 spiro atoms. The van der Waals surface area contributed by atoms with Crippen molar-refractivity contribution in [1.29, 1.82) is 0 Å². The Bertz CT molecular complexity index is 160. The van der Waals surface area contributed by atoms with Crippen LogP contribution in [-0.2, 0) is 9.53 Å². The third-order valence-electron chi connectivity index (χ3n) is 1.94. The van der Waals surface area contributed by atoms with Gasteiger partial charge in [-0.05, 0) is 12.8 Å². The summed E-state index contributed by atoms with van der Waals surface area (Å²) < 4.78 is 5.22. The first-order valence-corrected chi connectivity index (χ1v) is 6.86. The number of esters is 1. The Morgan fingerprint density at radius 1 is 1.29 bits per heavy atom. The standard InChI is InChI=1S/C10H18Br2O2/c1-3-4-5-6-7-9(10(11)12)14-8(2)13/h9-10H,3-7H2,1-2H3. The molecule has 0 aromatic rings. The lowest BCUT2D eigenvalue weighted by atomic mass is 10.1. The Kier molecular flexibility index (Phi) is 8.98. The molecule has 84 valence electrons. The van der Waals surface area contributed by atoms with Crippen molar-refractivity contribution < 1.29 is 9.53 Å². The molecule has 2 nitrogen and oxygen atoms in total. The lowest BCUT2D eigenvalue weighted by Crippen LogP contribution is -2.22. The number of alkyl halides is 2. The summed E-state index contributed by atoms with van der Waals surface area (Å²) in [6, 6.07) is 0. The van der Waals surface area contributed by atoms with Crippen LogP contribution in [-0.4, -0.2) is 15.8 Å². The van der Waals surface area contributed by atoms with Crippen molar-refractivity contribution in [3.63, 3.8) is 0 Å². The van der Waals surface area contributed by atoms with E-state index >= 15 is 0 Å². The van der Waals surface area contributed by atoms with Crippen molar-refractivity contribution in [1.82, 2.24) is 0 Å². The highest BCUT2D eigenvalue weighted by molar-refractivity contribution is 9.24. The maximum atomic E-state index is 10.8. The monoisotopic (exact) mass is 328 g/mol. The summed E-state index contributed by atoms with van der Waals surface area (Å²) in [5.74, 6) is -0.214. The van der Waals surface area contributed by atoms with Crippen LogP contribution in [0.2, 0.25) is 0 Å². The second-order valence-corrected chi connectivity index (χ2v) is 6.53. The van der Waals surface area contributed by atoms with Crippen LogP contribution in [0.4, 0.5) is 0 Å². The molecule has 0 saturated carbocycles. The first-order chi connectivity index (χ1) is 6.57. The van der Waals surface area contributed by atoms with Crippen LogP contribution in [0.3, 0.4) is 0 Å². The van der Waals surface area contributed by atoms with Crippen LogP contribution in [0.15, 0.2) is 0 Å². The summed E-state index contributed by atoms with van der Waals surface area (Å²) in [7, 11) is 0. The molecule has 0 aromatic heterocycles. The summed E-state index contributed by atoms with van der Waals surface area (Å²) in [5.41, 5.74) is 0. The molecule has 1 unspecified atom stereocenters.